The normalized spacial score (nSPS) is 17.1. The van der Waals surface area contributed by atoms with Gasteiger partial charge in [0.15, 0.2) is 6.61 Å². The molecular weight excluding hydrogens is 486 g/mol. The summed E-state index contributed by atoms with van der Waals surface area (Å²) in [5.74, 6) is -0.615. The van der Waals surface area contributed by atoms with Crippen LogP contribution in [0.5, 0.6) is 5.75 Å². The molecule has 0 unspecified atom stereocenters. The number of hydrogen-bond donors (Lipinski definition) is 1. The maximum atomic E-state index is 13.1. The molecule has 3 amide bonds. The van der Waals surface area contributed by atoms with Crippen molar-refractivity contribution in [2.45, 2.75) is 38.6 Å². The number of para-hydroxylation sites is 1. The smallest absolute Gasteiger partial charge is 0.328 e. The lowest BCUT2D eigenvalue weighted by Gasteiger charge is -2.39. The van der Waals surface area contributed by atoms with Crippen molar-refractivity contribution in [1.29, 1.82) is 0 Å². The number of rotatable bonds is 8. The highest BCUT2D eigenvalue weighted by Crippen LogP contribution is 2.40. The molecule has 0 aliphatic carbocycles. The van der Waals surface area contributed by atoms with Crippen LogP contribution in [0.25, 0.3) is 0 Å². The van der Waals surface area contributed by atoms with Crippen LogP contribution in [-0.2, 0) is 19.1 Å². The minimum atomic E-state index is -1.07. The van der Waals surface area contributed by atoms with E-state index in [1.54, 1.807) is 35.2 Å². The first-order chi connectivity index (χ1) is 18.3. The largest absolute Gasteiger partial charge is 0.484 e. The van der Waals surface area contributed by atoms with Crippen molar-refractivity contribution in [3.8, 4) is 5.75 Å². The molecule has 0 saturated carbocycles. The first-order valence-electron chi connectivity index (χ1n) is 13.0. The van der Waals surface area contributed by atoms with Gasteiger partial charge in [-0.2, -0.15) is 0 Å². The van der Waals surface area contributed by atoms with Crippen LogP contribution in [0.4, 0.5) is 0 Å². The molecule has 0 bridgehead atoms. The number of aryl methyl sites for hydroxylation is 1. The van der Waals surface area contributed by atoms with Crippen LogP contribution in [-0.4, -0.2) is 79.4 Å². The van der Waals surface area contributed by atoms with Crippen molar-refractivity contribution in [3.05, 3.63) is 65.7 Å². The van der Waals surface area contributed by atoms with Gasteiger partial charge in [0.2, 0.25) is 5.91 Å². The zero-order chi connectivity index (χ0) is 27.1. The fourth-order valence-electron chi connectivity index (χ4n) is 5.21. The number of likely N-dealkylation sites (tertiary alicyclic amines) is 2. The predicted octanol–water partition coefficient (Wildman–Crippen LogP) is 2.58. The van der Waals surface area contributed by atoms with E-state index >= 15 is 0 Å². The number of nitrogens with zero attached hydrogens (tertiary/aromatic N) is 2. The number of ether oxygens (including phenoxy) is 2. The molecule has 9 heteroatoms. The van der Waals surface area contributed by atoms with Gasteiger partial charge < -0.3 is 24.6 Å². The molecule has 2 heterocycles. The van der Waals surface area contributed by atoms with E-state index in [0.717, 1.165) is 24.8 Å². The van der Waals surface area contributed by atoms with E-state index in [4.69, 9.17) is 9.47 Å². The van der Waals surface area contributed by atoms with Crippen LogP contribution in [0, 0.1) is 12.3 Å². The number of methoxy groups -OCH3 is 1. The Hall–Kier alpha value is -3.88. The Labute approximate surface area is 223 Å². The second-order valence-corrected chi connectivity index (χ2v) is 10.1. The van der Waals surface area contributed by atoms with Crippen molar-refractivity contribution >= 4 is 23.7 Å². The highest BCUT2D eigenvalue weighted by molar-refractivity contribution is 5.97. The van der Waals surface area contributed by atoms with Crippen LogP contribution in [0.15, 0.2) is 54.6 Å². The van der Waals surface area contributed by atoms with Crippen molar-refractivity contribution in [2.75, 3.05) is 39.9 Å². The summed E-state index contributed by atoms with van der Waals surface area (Å²) in [4.78, 5) is 54.3. The summed E-state index contributed by atoms with van der Waals surface area (Å²) in [6.45, 7) is 4.36. The number of carbonyl (C=O) groups excluding carboxylic acids is 4. The van der Waals surface area contributed by atoms with E-state index in [0.29, 0.717) is 37.5 Å². The highest BCUT2D eigenvalue weighted by atomic mass is 16.5. The second kappa shape index (κ2) is 12.1. The predicted molar refractivity (Wildman–Crippen MR) is 140 cm³/mol. The number of carbonyl (C=O) groups is 4. The summed E-state index contributed by atoms with van der Waals surface area (Å²) in [6, 6.07) is 15.1. The van der Waals surface area contributed by atoms with E-state index in [1.165, 1.54) is 7.11 Å². The van der Waals surface area contributed by atoms with E-state index in [9.17, 15) is 19.2 Å². The van der Waals surface area contributed by atoms with Gasteiger partial charge >= 0.3 is 5.97 Å². The molecule has 0 aromatic heterocycles. The zero-order valence-electron chi connectivity index (χ0n) is 22.0. The number of nitrogens with one attached hydrogen (secondary N) is 1. The number of piperidine rings is 1. The fraction of sp³-hybridized carbons (Fsp3) is 0.448. The maximum Gasteiger partial charge on any atom is 0.328 e. The second-order valence-electron chi connectivity index (χ2n) is 10.1. The van der Waals surface area contributed by atoms with Gasteiger partial charge in [0, 0.05) is 31.7 Å². The Balaban J connectivity index is 1.27. The van der Waals surface area contributed by atoms with Crippen LogP contribution >= 0.6 is 0 Å². The first-order valence-corrected chi connectivity index (χ1v) is 13.0. The zero-order valence-corrected chi connectivity index (χ0v) is 22.0. The Morgan fingerprint density at radius 3 is 2.18 bits per heavy atom. The minimum Gasteiger partial charge on any atom is -0.484 e. The van der Waals surface area contributed by atoms with E-state index < -0.39 is 17.9 Å². The molecule has 1 spiro atoms. The van der Waals surface area contributed by atoms with Crippen molar-refractivity contribution in [3.63, 3.8) is 0 Å². The standard InChI is InChI=1S/C29H35N3O6/c1-21-8-6-7-11-24(21)38-19-26(34)31-15-12-29(13-16-31)14-17-32(20-29)25(33)18-23(28(36)37-2)30-27(35)22-9-4-3-5-10-22/h3-11,23H,12-20H2,1-2H3,(H,30,35)/t23-/m0/s1. The summed E-state index contributed by atoms with van der Waals surface area (Å²) >= 11 is 0. The minimum absolute atomic E-state index is 0.00603. The molecule has 2 aliphatic rings. The lowest BCUT2D eigenvalue weighted by atomic mass is 9.78. The molecule has 0 radical (unpaired) electrons. The van der Waals surface area contributed by atoms with E-state index in [1.807, 2.05) is 36.1 Å². The average Bonchev–Trinajstić information content (AvgIpc) is 3.35. The number of benzene rings is 2. The quantitative estimate of drug-likeness (QED) is 0.536. The molecule has 2 aromatic carbocycles. The van der Waals surface area contributed by atoms with Gasteiger partial charge in [-0.1, -0.05) is 36.4 Å². The Kier molecular flexibility index (Phi) is 8.66. The van der Waals surface area contributed by atoms with Crippen LogP contribution < -0.4 is 10.1 Å². The number of esters is 1. The maximum absolute atomic E-state index is 13.1. The first kappa shape index (κ1) is 27.2. The summed E-state index contributed by atoms with van der Waals surface area (Å²) < 4.78 is 10.6. The summed E-state index contributed by atoms with van der Waals surface area (Å²) in [5, 5.41) is 2.64. The molecule has 2 fully saturated rings. The molecule has 202 valence electrons. The lowest BCUT2D eigenvalue weighted by Crippen LogP contribution is -2.47. The topological polar surface area (TPSA) is 105 Å². The van der Waals surface area contributed by atoms with Gasteiger partial charge in [0.25, 0.3) is 11.8 Å². The average molecular weight is 522 g/mol. The molecule has 2 saturated heterocycles. The van der Waals surface area contributed by atoms with Crippen molar-refractivity contribution in [2.24, 2.45) is 5.41 Å². The van der Waals surface area contributed by atoms with Gasteiger partial charge in [0.1, 0.15) is 11.8 Å². The molecule has 38 heavy (non-hydrogen) atoms. The third kappa shape index (κ3) is 6.51. The third-order valence-electron chi connectivity index (χ3n) is 7.62. The molecule has 2 aliphatic heterocycles. The number of hydrogen-bond acceptors (Lipinski definition) is 6. The Morgan fingerprint density at radius 1 is 0.895 bits per heavy atom. The Bertz CT molecular complexity index is 1160. The third-order valence-corrected chi connectivity index (χ3v) is 7.62. The van der Waals surface area contributed by atoms with Gasteiger partial charge in [-0.15, -0.1) is 0 Å². The molecular formula is C29H35N3O6. The van der Waals surface area contributed by atoms with Crippen LogP contribution in [0.3, 0.4) is 0 Å². The van der Waals surface area contributed by atoms with Gasteiger partial charge in [-0.25, -0.2) is 4.79 Å². The molecule has 9 nitrogen and oxygen atoms in total. The molecule has 4 rings (SSSR count). The summed E-state index contributed by atoms with van der Waals surface area (Å²) in [5.41, 5.74) is 1.35. The molecule has 1 N–H and O–H groups in total. The highest BCUT2D eigenvalue weighted by Gasteiger charge is 2.43. The van der Waals surface area contributed by atoms with Gasteiger partial charge in [0.05, 0.1) is 13.5 Å². The monoisotopic (exact) mass is 521 g/mol. The van der Waals surface area contributed by atoms with Gasteiger partial charge in [-0.05, 0) is 55.4 Å². The van der Waals surface area contributed by atoms with E-state index in [-0.39, 0.29) is 30.3 Å². The van der Waals surface area contributed by atoms with Crippen LogP contribution in [0.1, 0.15) is 41.6 Å². The fourth-order valence-corrected chi connectivity index (χ4v) is 5.21. The molecule has 2 aromatic rings. The number of amides is 3. The van der Waals surface area contributed by atoms with Crippen molar-refractivity contribution < 1.29 is 28.7 Å². The summed E-state index contributed by atoms with van der Waals surface area (Å²) in [6.07, 6.45) is 2.29. The summed E-state index contributed by atoms with van der Waals surface area (Å²) in [7, 11) is 1.24. The molecule has 1 atom stereocenters. The SMILES string of the molecule is COC(=O)[C@H](CC(=O)N1CCC2(CCN(C(=O)COc3ccccc3C)CC2)C1)NC(=O)c1ccccc1. The van der Waals surface area contributed by atoms with Crippen molar-refractivity contribution in [1.82, 2.24) is 15.1 Å². The lowest BCUT2D eigenvalue weighted by molar-refractivity contribution is -0.146. The van der Waals surface area contributed by atoms with Crippen LogP contribution in [0.2, 0.25) is 0 Å². The van der Waals surface area contributed by atoms with Gasteiger partial charge in [-0.3, -0.25) is 14.4 Å². The van der Waals surface area contributed by atoms with E-state index in [2.05, 4.69) is 5.32 Å². The Morgan fingerprint density at radius 2 is 1.53 bits per heavy atom.